The van der Waals surface area contributed by atoms with Crippen LogP contribution in [0.25, 0.3) is 10.2 Å². The van der Waals surface area contributed by atoms with Gasteiger partial charge in [0.2, 0.25) is 5.91 Å². The zero-order chi connectivity index (χ0) is 22.0. The molecule has 1 N–H and O–H groups in total. The molecule has 1 amide bonds. The summed E-state index contributed by atoms with van der Waals surface area (Å²) in [6, 6.07) is 7.10. The van der Waals surface area contributed by atoms with Crippen molar-refractivity contribution in [2.45, 2.75) is 50.9 Å². The molecule has 0 aliphatic carbocycles. The van der Waals surface area contributed by atoms with Gasteiger partial charge < -0.3 is 10.1 Å². The van der Waals surface area contributed by atoms with Crippen molar-refractivity contribution in [1.82, 2.24) is 9.55 Å². The van der Waals surface area contributed by atoms with Gasteiger partial charge in [0, 0.05) is 11.5 Å². The molecule has 0 spiro atoms. The predicted octanol–water partition coefficient (Wildman–Crippen LogP) is 4.89. The minimum absolute atomic E-state index is 0.00180. The third-order valence-electron chi connectivity index (χ3n) is 5.32. The molecule has 0 radical (unpaired) electrons. The summed E-state index contributed by atoms with van der Waals surface area (Å²) in [6.45, 7) is 5.25. The third-order valence-corrected chi connectivity index (χ3v) is 7.67. The van der Waals surface area contributed by atoms with E-state index in [0.717, 1.165) is 41.1 Å². The Hall–Kier alpha value is -1.87. The van der Waals surface area contributed by atoms with E-state index in [1.54, 1.807) is 16.7 Å². The number of rotatable bonds is 7. The average Bonchev–Trinajstić information content (AvgIpc) is 3.37. The molecule has 0 bridgehead atoms. The highest BCUT2D eigenvalue weighted by Gasteiger charge is 2.23. The van der Waals surface area contributed by atoms with Crippen molar-refractivity contribution in [3.63, 3.8) is 0 Å². The van der Waals surface area contributed by atoms with Crippen LogP contribution in [0.15, 0.2) is 34.2 Å². The first-order valence-corrected chi connectivity index (χ1v) is 12.5. The maximum atomic E-state index is 13.5. The fraction of sp³-hybridized carbons (Fsp3) is 0.409. The summed E-state index contributed by atoms with van der Waals surface area (Å²) in [5.41, 5.74) is 1.58. The minimum Gasteiger partial charge on any atom is -0.376 e. The van der Waals surface area contributed by atoms with Crippen LogP contribution >= 0.6 is 34.7 Å². The molecule has 1 aliphatic heterocycles. The van der Waals surface area contributed by atoms with Crippen molar-refractivity contribution < 1.29 is 9.53 Å². The SMILES string of the molecule is CCc1c(C)sc2nc(SCC(=O)Nc3ccccc3Cl)n(CC3CCCO3)c(=O)c12. The van der Waals surface area contributed by atoms with Gasteiger partial charge in [0.15, 0.2) is 5.16 Å². The van der Waals surface area contributed by atoms with Crippen molar-refractivity contribution >= 4 is 56.5 Å². The summed E-state index contributed by atoms with van der Waals surface area (Å²) in [5.74, 6) is -0.0765. The van der Waals surface area contributed by atoms with Gasteiger partial charge in [-0.05, 0) is 43.9 Å². The number of aromatic nitrogens is 2. The summed E-state index contributed by atoms with van der Waals surface area (Å²) >= 11 is 8.93. The molecule has 3 aromatic rings. The zero-order valence-corrected chi connectivity index (χ0v) is 19.8. The highest BCUT2D eigenvalue weighted by Crippen LogP contribution is 2.30. The van der Waals surface area contributed by atoms with Gasteiger partial charge in [0.05, 0.1) is 34.5 Å². The van der Waals surface area contributed by atoms with Crippen molar-refractivity contribution in [1.29, 1.82) is 0 Å². The second kappa shape index (κ2) is 9.73. The van der Waals surface area contributed by atoms with Gasteiger partial charge in [0.25, 0.3) is 5.56 Å². The number of aryl methyl sites for hydroxylation is 2. The normalized spacial score (nSPS) is 16.2. The number of thiophene rings is 1. The van der Waals surface area contributed by atoms with E-state index in [0.29, 0.717) is 27.8 Å². The molecule has 164 valence electrons. The molecular weight excluding hydrogens is 454 g/mol. The number of para-hydroxylation sites is 1. The number of hydrogen-bond acceptors (Lipinski definition) is 6. The molecule has 31 heavy (non-hydrogen) atoms. The van der Waals surface area contributed by atoms with E-state index in [-0.39, 0.29) is 23.3 Å². The second-order valence-corrected chi connectivity index (χ2v) is 9.99. The Balaban J connectivity index is 1.62. The summed E-state index contributed by atoms with van der Waals surface area (Å²) in [5, 5.41) is 4.55. The maximum Gasteiger partial charge on any atom is 0.263 e. The highest BCUT2D eigenvalue weighted by molar-refractivity contribution is 7.99. The number of hydrogen-bond donors (Lipinski definition) is 1. The lowest BCUT2D eigenvalue weighted by Crippen LogP contribution is -2.29. The van der Waals surface area contributed by atoms with E-state index in [1.807, 2.05) is 19.1 Å². The Bertz CT molecular complexity index is 1170. The van der Waals surface area contributed by atoms with Gasteiger partial charge in [-0.15, -0.1) is 11.3 Å². The summed E-state index contributed by atoms with van der Waals surface area (Å²) in [7, 11) is 0. The van der Waals surface area contributed by atoms with Crippen LogP contribution < -0.4 is 10.9 Å². The quantitative estimate of drug-likeness (QED) is 0.387. The Morgan fingerprint density at radius 1 is 1.42 bits per heavy atom. The maximum absolute atomic E-state index is 13.5. The number of anilines is 1. The molecule has 1 atom stereocenters. The van der Waals surface area contributed by atoms with Gasteiger partial charge in [-0.25, -0.2) is 4.98 Å². The fourth-order valence-corrected chi connectivity index (χ4v) is 5.95. The Labute approximate surface area is 194 Å². The lowest BCUT2D eigenvalue weighted by molar-refractivity contribution is -0.113. The van der Waals surface area contributed by atoms with Crippen LogP contribution in [0.1, 0.15) is 30.2 Å². The van der Waals surface area contributed by atoms with E-state index < -0.39 is 0 Å². The van der Waals surface area contributed by atoms with Crippen LogP contribution in [-0.2, 0) is 22.5 Å². The first-order chi connectivity index (χ1) is 15.0. The van der Waals surface area contributed by atoms with Crippen LogP contribution in [0.4, 0.5) is 5.69 Å². The van der Waals surface area contributed by atoms with Crippen LogP contribution in [0.2, 0.25) is 5.02 Å². The first-order valence-electron chi connectivity index (χ1n) is 10.3. The molecule has 9 heteroatoms. The van der Waals surface area contributed by atoms with E-state index >= 15 is 0 Å². The number of halogens is 1. The van der Waals surface area contributed by atoms with E-state index in [1.165, 1.54) is 23.1 Å². The largest absolute Gasteiger partial charge is 0.376 e. The van der Waals surface area contributed by atoms with Gasteiger partial charge in [0.1, 0.15) is 4.83 Å². The Morgan fingerprint density at radius 2 is 2.23 bits per heavy atom. The molecule has 2 aromatic heterocycles. The number of benzene rings is 1. The van der Waals surface area contributed by atoms with E-state index in [4.69, 9.17) is 21.3 Å². The number of fused-ring (bicyclic) bond motifs is 1. The lowest BCUT2D eigenvalue weighted by atomic mass is 10.1. The number of ether oxygens (including phenoxy) is 1. The Morgan fingerprint density at radius 3 is 2.94 bits per heavy atom. The number of thioether (sulfide) groups is 1. The summed E-state index contributed by atoms with van der Waals surface area (Å²) in [6.07, 6.45) is 2.70. The lowest BCUT2D eigenvalue weighted by Gasteiger charge is -2.16. The second-order valence-electron chi connectivity index (χ2n) is 7.43. The van der Waals surface area contributed by atoms with Crippen LogP contribution in [0.3, 0.4) is 0 Å². The van der Waals surface area contributed by atoms with Crippen LogP contribution in [0, 0.1) is 6.92 Å². The molecule has 1 unspecified atom stereocenters. The Kier molecular flexibility index (Phi) is 7.01. The van der Waals surface area contributed by atoms with Gasteiger partial charge >= 0.3 is 0 Å². The molecule has 6 nitrogen and oxygen atoms in total. The van der Waals surface area contributed by atoms with Crippen molar-refractivity contribution in [3.8, 4) is 0 Å². The molecule has 0 saturated carbocycles. The smallest absolute Gasteiger partial charge is 0.263 e. The highest BCUT2D eigenvalue weighted by atomic mass is 35.5. The monoisotopic (exact) mass is 477 g/mol. The summed E-state index contributed by atoms with van der Waals surface area (Å²) < 4.78 is 7.46. The third kappa shape index (κ3) is 4.82. The molecule has 1 aromatic carbocycles. The van der Waals surface area contributed by atoms with Crippen LogP contribution in [0.5, 0.6) is 0 Å². The predicted molar refractivity (Wildman–Crippen MR) is 128 cm³/mol. The number of carbonyl (C=O) groups excluding carboxylic acids is 1. The molecule has 4 rings (SSSR count). The summed E-state index contributed by atoms with van der Waals surface area (Å²) in [4.78, 5) is 32.6. The molecular formula is C22H24ClN3O3S2. The van der Waals surface area contributed by atoms with Crippen molar-refractivity contribution in [2.24, 2.45) is 0 Å². The van der Waals surface area contributed by atoms with Crippen molar-refractivity contribution in [2.75, 3.05) is 17.7 Å². The standard InChI is InChI=1S/C22H24ClN3O3S2/c1-3-15-13(2)31-20-19(15)21(28)26(11-14-7-6-10-29-14)22(25-20)30-12-18(27)24-17-9-5-4-8-16(17)23/h4-5,8-9,14H,3,6-7,10-12H2,1-2H3,(H,24,27). The number of nitrogens with zero attached hydrogens (tertiary/aromatic N) is 2. The minimum atomic E-state index is -0.201. The van der Waals surface area contributed by atoms with Crippen LogP contribution in [-0.4, -0.2) is 33.9 Å². The fourth-order valence-electron chi connectivity index (χ4n) is 3.80. The van der Waals surface area contributed by atoms with Gasteiger partial charge in [-0.2, -0.15) is 0 Å². The first kappa shape index (κ1) is 22.3. The average molecular weight is 478 g/mol. The van der Waals surface area contributed by atoms with E-state index in [2.05, 4.69) is 12.2 Å². The molecule has 1 saturated heterocycles. The molecule has 3 heterocycles. The molecule has 1 aliphatic rings. The number of carbonyl (C=O) groups is 1. The van der Waals surface area contributed by atoms with Gasteiger partial charge in [-0.3, -0.25) is 14.2 Å². The topological polar surface area (TPSA) is 73.2 Å². The molecule has 1 fully saturated rings. The number of amides is 1. The van der Waals surface area contributed by atoms with Gasteiger partial charge in [-0.1, -0.05) is 42.4 Å². The zero-order valence-electron chi connectivity index (χ0n) is 17.4. The van der Waals surface area contributed by atoms with Crippen molar-refractivity contribution in [3.05, 3.63) is 50.1 Å². The number of nitrogens with one attached hydrogen (secondary N) is 1. The van der Waals surface area contributed by atoms with E-state index in [9.17, 15) is 9.59 Å².